The summed E-state index contributed by atoms with van der Waals surface area (Å²) >= 11 is 0. The molecule has 0 aromatic rings. The molecule has 2 saturated carbocycles. The van der Waals surface area contributed by atoms with Crippen LogP contribution in [-0.4, -0.2) is 22.3 Å². The van der Waals surface area contributed by atoms with Crippen LogP contribution < -0.4 is 0 Å². The summed E-state index contributed by atoms with van der Waals surface area (Å²) in [7, 11) is 0. The van der Waals surface area contributed by atoms with Crippen LogP contribution in [0.3, 0.4) is 0 Å². The Morgan fingerprint density at radius 2 is 2.11 bits per heavy atom. The standard InChI is InChI=1S/C15H22O3/c1-9-5-4-7-15(3)8-6-11(10(2)14(17)18)13(16)12(9)15/h11-13,16H,1-2,4-8H2,3H3,(H,17,18)/t11-,12+,13-,15+/m1/s1. The quantitative estimate of drug-likeness (QED) is 0.585. The van der Waals surface area contributed by atoms with E-state index in [1.54, 1.807) is 0 Å². The van der Waals surface area contributed by atoms with Crippen molar-refractivity contribution in [1.82, 2.24) is 0 Å². The highest BCUT2D eigenvalue weighted by Gasteiger charge is 2.49. The van der Waals surface area contributed by atoms with Crippen LogP contribution in [0.4, 0.5) is 0 Å². The Morgan fingerprint density at radius 1 is 1.44 bits per heavy atom. The van der Waals surface area contributed by atoms with Gasteiger partial charge in [0.1, 0.15) is 0 Å². The van der Waals surface area contributed by atoms with Crippen molar-refractivity contribution in [3.8, 4) is 0 Å². The lowest BCUT2D eigenvalue weighted by Gasteiger charge is -2.51. The Kier molecular flexibility index (Phi) is 3.37. The van der Waals surface area contributed by atoms with E-state index in [2.05, 4.69) is 20.1 Å². The molecule has 0 aromatic heterocycles. The molecule has 0 heterocycles. The minimum Gasteiger partial charge on any atom is -0.478 e. The van der Waals surface area contributed by atoms with Crippen LogP contribution in [0.25, 0.3) is 0 Å². The van der Waals surface area contributed by atoms with Crippen LogP contribution in [0.2, 0.25) is 0 Å². The Morgan fingerprint density at radius 3 is 2.72 bits per heavy atom. The van der Waals surface area contributed by atoms with Gasteiger partial charge >= 0.3 is 5.97 Å². The number of fused-ring (bicyclic) bond motifs is 1. The van der Waals surface area contributed by atoms with Gasteiger partial charge in [-0.3, -0.25) is 0 Å². The Balaban J connectivity index is 2.26. The van der Waals surface area contributed by atoms with E-state index < -0.39 is 12.1 Å². The second kappa shape index (κ2) is 4.54. The number of carboxylic acid groups (broad SMARTS) is 1. The van der Waals surface area contributed by atoms with Gasteiger partial charge in [-0.1, -0.05) is 25.7 Å². The van der Waals surface area contributed by atoms with E-state index in [9.17, 15) is 9.90 Å². The SMILES string of the molecule is C=C(C(=O)O)[C@H]1CC[C@]2(C)CCCC(=C)[C@H]2[C@@H]1O. The molecule has 0 bridgehead atoms. The molecular formula is C15H22O3. The van der Waals surface area contributed by atoms with Gasteiger partial charge in [-0.25, -0.2) is 4.79 Å². The van der Waals surface area contributed by atoms with E-state index in [0.29, 0.717) is 6.42 Å². The van der Waals surface area contributed by atoms with Crippen molar-refractivity contribution >= 4 is 5.97 Å². The lowest BCUT2D eigenvalue weighted by atomic mass is 9.55. The normalized spacial score (nSPS) is 40.1. The Bertz CT molecular complexity index is 399. The first kappa shape index (κ1) is 13.3. The molecule has 2 aliphatic carbocycles. The molecule has 18 heavy (non-hydrogen) atoms. The zero-order valence-corrected chi connectivity index (χ0v) is 11.0. The molecule has 3 nitrogen and oxygen atoms in total. The average molecular weight is 250 g/mol. The maximum atomic E-state index is 11.0. The van der Waals surface area contributed by atoms with Crippen molar-refractivity contribution in [2.24, 2.45) is 17.3 Å². The molecule has 2 N–H and O–H groups in total. The van der Waals surface area contributed by atoms with Gasteiger partial charge in [0.05, 0.1) is 6.10 Å². The van der Waals surface area contributed by atoms with Crippen molar-refractivity contribution < 1.29 is 15.0 Å². The molecule has 0 spiro atoms. The highest BCUT2D eigenvalue weighted by Crippen LogP contribution is 2.54. The van der Waals surface area contributed by atoms with Crippen LogP contribution in [0, 0.1) is 17.3 Å². The van der Waals surface area contributed by atoms with Crippen molar-refractivity contribution in [3.05, 3.63) is 24.3 Å². The molecule has 0 aromatic carbocycles. The topological polar surface area (TPSA) is 57.5 Å². The third kappa shape index (κ3) is 2.01. The molecule has 0 radical (unpaired) electrons. The monoisotopic (exact) mass is 250 g/mol. The number of aliphatic hydroxyl groups excluding tert-OH is 1. The first-order valence-electron chi connectivity index (χ1n) is 6.64. The maximum Gasteiger partial charge on any atom is 0.331 e. The highest BCUT2D eigenvalue weighted by atomic mass is 16.4. The van der Waals surface area contributed by atoms with Crippen molar-refractivity contribution in [3.63, 3.8) is 0 Å². The molecule has 2 rings (SSSR count). The predicted molar refractivity (Wildman–Crippen MR) is 70.1 cm³/mol. The van der Waals surface area contributed by atoms with Crippen LogP contribution >= 0.6 is 0 Å². The van der Waals surface area contributed by atoms with Crippen molar-refractivity contribution in [1.29, 1.82) is 0 Å². The van der Waals surface area contributed by atoms with Gasteiger partial charge in [-0.15, -0.1) is 0 Å². The molecule has 0 aliphatic heterocycles. The number of carboxylic acids is 1. The predicted octanol–water partition coefficient (Wildman–Crippen LogP) is 2.76. The molecule has 3 heteroatoms. The average Bonchev–Trinajstić information content (AvgIpc) is 2.27. The Hall–Kier alpha value is -1.09. The first-order chi connectivity index (χ1) is 8.37. The van der Waals surface area contributed by atoms with E-state index in [1.165, 1.54) is 0 Å². The second-order valence-corrected chi connectivity index (χ2v) is 6.11. The molecule has 100 valence electrons. The number of rotatable bonds is 2. The third-order valence-corrected chi connectivity index (χ3v) is 4.94. The van der Waals surface area contributed by atoms with E-state index in [4.69, 9.17) is 5.11 Å². The van der Waals surface area contributed by atoms with Gasteiger partial charge in [0.2, 0.25) is 0 Å². The van der Waals surface area contributed by atoms with E-state index >= 15 is 0 Å². The van der Waals surface area contributed by atoms with Crippen molar-refractivity contribution in [2.75, 3.05) is 0 Å². The zero-order chi connectivity index (χ0) is 13.5. The zero-order valence-electron chi connectivity index (χ0n) is 11.0. The van der Waals surface area contributed by atoms with Crippen molar-refractivity contribution in [2.45, 2.75) is 45.1 Å². The molecule has 0 unspecified atom stereocenters. The number of hydrogen-bond acceptors (Lipinski definition) is 2. The van der Waals surface area contributed by atoms with Gasteiger partial charge in [0.25, 0.3) is 0 Å². The number of aliphatic carboxylic acids is 1. The maximum absolute atomic E-state index is 11.0. The fraction of sp³-hybridized carbons (Fsp3) is 0.667. The molecule has 2 aliphatic rings. The van der Waals surface area contributed by atoms with Gasteiger partial charge in [0.15, 0.2) is 0 Å². The fourth-order valence-electron chi connectivity index (χ4n) is 3.88. The molecule has 2 fully saturated rings. The summed E-state index contributed by atoms with van der Waals surface area (Å²) in [5.74, 6) is -1.29. The minimum absolute atomic E-state index is 0.0288. The van der Waals surface area contributed by atoms with Gasteiger partial charge in [-0.05, 0) is 37.5 Å². The lowest BCUT2D eigenvalue weighted by Crippen LogP contribution is -2.48. The second-order valence-electron chi connectivity index (χ2n) is 6.11. The summed E-state index contributed by atoms with van der Waals surface area (Å²) in [5, 5.41) is 19.6. The van der Waals surface area contributed by atoms with E-state index in [0.717, 1.165) is 31.3 Å². The van der Waals surface area contributed by atoms with Gasteiger partial charge in [-0.2, -0.15) is 0 Å². The summed E-state index contributed by atoms with van der Waals surface area (Å²) < 4.78 is 0. The summed E-state index contributed by atoms with van der Waals surface area (Å²) in [6.07, 6.45) is 4.20. The minimum atomic E-state index is -0.996. The largest absolute Gasteiger partial charge is 0.478 e. The molecular weight excluding hydrogens is 228 g/mol. The third-order valence-electron chi connectivity index (χ3n) is 4.94. The summed E-state index contributed by atoms with van der Waals surface area (Å²) in [5.41, 5.74) is 1.31. The fourth-order valence-corrected chi connectivity index (χ4v) is 3.88. The number of hydrogen-bond donors (Lipinski definition) is 2. The summed E-state index contributed by atoms with van der Waals surface area (Å²) in [6, 6.07) is 0. The number of carbonyl (C=O) groups is 1. The molecule has 4 atom stereocenters. The highest BCUT2D eigenvalue weighted by molar-refractivity contribution is 5.86. The molecule has 0 saturated heterocycles. The lowest BCUT2D eigenvalue weighted by molar-refractivity contribution is -0.135. The van der Waals surface area contributed by atoms with E-state index in [-0.39, 0.29) is 22.8 Å². The first-order valence-corrected chi connectivity index (χ1v) is 6.64. The summed E-state index contributed by atoms with van der Waals surface area (Å²) in [4.78, 5) is 11.0. The number of aliphatic hydroxyl groups is 1. The van der Waals surface area contributed by atoms with Crippen LogP contribution in [0.15, 0.2) is 24.3 Å². The van der Waals surface area contributed by atoms with E-state index in [1.807, 2.05) is 0 Å². The van der Waals surface area contributed by atoms with Gasteiger partial charge in [0, 0.05) is 17.4 Å². The molecule has 0 amide bonds. The van der Waals surface area contributed by atoms with Gasteiger partial charge < -0.3 is 10.2 Å². The summed E-state index contributed by atoms with van der Waals surface area (Å²) in [6.45, 7) is 9.92. The van der Waals surface area contributed by atoms with Crippen LogP contribution in [0.1, 0.15) is 39.0 Å². The smallest absolute Gasteiger partial charge is 0.331 e. The van der Waals surface area contributed by atoms with Crippen LogP contribution in [0.5, 0.6) is 0 Å². The van der Waals surface area contributed by atoms with Crippen LogP contribution in [-0.2, 0) is 4.79 Å². The Labute approximate surface area is 108 Å².